The van der Waals surface area contributed by atoms with Crippen molar-refractivity contribution in [1.29, 1.82) is 0 Å². The predicted molar refractivity (Wildman–Crippen MR) is 581 cm³/mol. The molecule has 4 N–H and O–H groups in total. The maximum Gasteiger partial charge on any atom is 0.343 e. The highest BCUT2D eigenvalue weighted by Crippen LogP contribution is 2.52. The third-order valence-electron chi connectivity index (χ3n) is 26.4. The summed E-state index contributed by atoms with van der Waals surface area (Å²) in [6, 6.07) is 25.9. The number of esters is 8. The van der Waals surface area contributed by atoms with E-state index in [0.717, 1.165) is 0 Å². The van der Waals surface area contributed by atoms with Gasteiger partial charge in [-0.25, -0.2) is 38.4 Å². The standard InChI is InChI=1S/C125H172O20/c1-109(2,3)77-49-73(50-78(93(77)126)110(4,5)6)105(134)142-97-85(117(25,26)27)57-69(58-86(97)118(28,29)30)101(130)138-65-125(66-139-102(131)70-59-87(119(31,32)33)98(88(60-70)120(34,35)36)143-106(135)74-51-79(111(7,8)9)94(127)80(52-74)112(10,11)12,67-140-103(132)71-61-89(121(37,38)39)99(90(62-71)122(40,41)42)144-107(136)75-53-81(113(13,14)15)95(128)82(54-75)114(16,17)18)68-141-104(133)72-63-91(123(43,44)45)100(92(64-72)124(46,47)48)145-108(137)76-55-83(115(19,20)21)96(129)84(56-76)116(22,23)24/h49-64,126-129H,65-68H2,1-48H3. The summed E-state index contributed by atoms with van der Waals surface area (Å²) in [5.74, 6) is -5.75. The van der Waals surface area contributed by atoms with Crippen LogP contribution in [-0.4, -0.2) is 94.6 Å². The second-order valence-corrected chi connectivity index (χ2v) is 56.6. The Kier molecular flexibility index (Phi) is 33.1. The second-order valence-electron chi connectivity index (χ2n) is 56.6. The number of hydrogen-bond donors (Lipinski definition) is 4. The number of rotatable bonds is 20. The van der Waals surface area contributed by atoms with Gasteiger partial charge in [-0.1, -0.05) is 332 Å². The van der Waals surface area contributed by atoms with Gasteiger partial charge in [0.25, 0.3) is 0 Å². The van der Waals surface area contributed by atoms with Gasteiger partial charge in [-0.3, -0.25) is 0 Å². The van der Waals surface area contributed by atoms with Gasteiger partial charge in [-0.15, -0.1) is 0 Å². The normalized spacial score (nSPS) is 13.4. The van der Waals surface area contributed by atoms with Crippen LogP contribution in [0.2, 0.25) is 0 Å². The van der Waals surface area contributed by atoms with Crippen LogP contribution in [0.1, 0.15) is 504 Å². The maximum atomic E-state index is 16.2. The molecule has 792 valence electrons. The Balaban J connectivity index is 1.43. The molecule has 8 rings (SSSR count). The van der Waals surface area contributed by atoms with Crippen molar-refractivity contribution in [3.05, 3.63) is 231 Å². The third-order valence-corrected chi connectivity index (χ3v) is 26.4. The summed E-state index contributed by atoms with van der Waals surface area (Å²) in [4.78, 5) is 125. The van der Waals surface area contributed by atoms with Crippen molar-refractivity contribution in [2.75, 3.05) is 26.4 Å². The maximum absolute atomic E-state index is 16.2. The third kappa shape index (κ3) is 28.0. The van der Waals surface area contributed by atoms with Crippen molar-refractivity contribution in [3.8, 4) is 46.0 Å². The molecule has 0 aliphatic carbocycles. The molecule has 0 saturated heterocycles. The van der Waals surface area contributed by atoms with E-state index < -0.39 is 166 Å². The zero-order chi connectivity index (χ0) is 111. The van der Waals surface area contributed by atoms with Crippen LogP contribution in [-0.2, 0) is 106 Å². The summed E-state index contributed by atoms with van der Waals surface area (Å²) >= 11 is 0. The van der Waals surface area contributed by atoms with Gasteiger partial charge in [0.1, 0.15) is 77.8 Å². The average Bonchev–Trinajstić information content (AvgIpc) is 0.746. The summed E-state index contributed by atoms with van der Waals surface area (Å²) in [6.45, 7) is 89.1. The van der Waals surface area contributed by atoms with Crippen LogP contribution in [0.15, 0.2) is 97.1 Å². The molecular weight excluding hydrogens is 1820 g/mol. The molecule has 0 spiro atoms. The fourth-order valence-electron chi connectivity index (χ4n) is 17.5. The molecule has 0 radical (unpaired) electrons. The Morgan fingerprint density at radius 2 is 0.248 bits per heavy atom. The molecule has 0 aliphatic heterocycles. The first-order chi connectivity index (χ1) is 64.9. The Hall–Kier alpha value is -11.3. The number of ether oxygens (including phenoxy) is 8. The van der Waals surface area contributed by atoms with Crippen molar-refractivity contribution < 1.29 is 96.7 Å². The lowest BCUT2D eigenvalue weighted by Crippen LogP contribution is -2.44. The first-order valence-electron chi connectivity index (χ1n) is 50.8. The van der Waals surface area contributed by atoms with E-state index in [4.69, 9.17) is 37.9 Å². The lowest BCUT2D eigenvalue weighted by molar-refractivity contribution is -0.0642. The van der Waals surface area contributed by atoms with Gasteiger partial charge < -0.3 is 58.3 Å². The molecular formula is C125H172O20. The molecule has 0 saturated carbocycles. The summed E-state index contributed by atoms with van der Waals surface area (Å²) in [6.07, 6.45) is 0. The van der Waals surface area contributed by atoms with Crippen molar-refractivity contribution in [2.45, 2.75) is 419 Å². The Morgan fingerprint density at radius 3 is 0.345 bits per heavy atom. The number of benzene rings is 8. The molecule has 8 aromatic rings. The molecule has 0 amide bonds. The number of carbonyl (C=O) groups is 8. The van der Waals surface area contributed by atoms with Gasteiger partial charge in [-0.2, -0.15) is 0 Å². The first kappa shape index (κ1) is 119. The van der Waals surface area contributed by atoms with Crippen LogP contribution in [0.3, 0.4) is 0 Å². The quantitative estimate of drug-likeness (QED) is 0.0313. The predicted octanol–water partition coefficient (Wildman–Crippen LogP) is 29.9. The largest absolute Gasteiger partial charge is 0.507 e. The molecule has 0 aliphatic rings. The smallest absolute Gasteiger partial charge is 0.343 e. The van der Waals surface area contributed by atoms with E-state index in [2.05, 4.69) is 0 Å². The fourth-order valence-corrected chi connectivity index (χ4v) is 17.5. The minimum Gasteiger partial charge on any atom is -0.507 e. The summed E-state index contributed by atoms with van der Waals surface area (Å²) in [7, 11) is 0. The number of hydrogen-bond acceptors (Lipinski definition) is 20. The molecule has 0 aromatic heterocycles. The second kappa shape index (κ2) is 40.4. The van der Waals surface area contributed by atoms with E-state index in [-0.39, 0.29) is 90.5 Å². The van der Waals surface area contributed by atoms with Crippen LogP contribution in [0, 0.1) is 5.41 Å². The molecule has 20 heteroatoms. The van der Waals surface area contributed by atoms with E-state index in [1.807, 2.05) is 332 Å². The Bertz CT molecular complexity index is 5280. The SMILES string of the molecule is CC(C)(C)c1cc(C(=O)Oc2c(C(C)(C)C)cc(C(=O)OCC(COC(=O)c3cc(C(C)(C)C)c(OC(=O)c4cc(C(C)(C)C)c(O)c(C(C)(C)C)c4)c(C(C)(C)C)c3)(COC(=O)c3cc(C(C)(C)C)c(OC(=O)c4cc(C(C)(C)C)c(O)c(C(C)(C)C)c4)c(C(C)(C)C)c3)COC(=O)c3cc(C(C)(C)C)c(OC(=O)c4cc(C(C)(C)C)c(O)c(C(C)(C)C)c4)c(C(C)(C)C)c3)cc2C(C)(C)C)cc(C(C)(C)C)c1O. The minimum absolute atomic E-state index is 0.0241. The Labute approximate surface area is 866 Å². The monoisotopic (exact) mass is 1990 g/mol. The number of carbonyl (C=O) groups excluding carboxylic acids is 8. The topological polar surface area (TPSA) is 291 Å². The highest BCUT2D eigenvalue weighted by molar-refractivity contribution is 5.98. The van der Waals surface area contributed by atoms with Gasteiger partial charge in [0, 0.05) is 89.0 Å². The van der Waals surface area contributed by atoms with Gasteiger partial charge in [0.2, 0.25) is 0 Å². The molecule has 0 fully saturated rings. The van der Waals surface area contributed by atoms with Crippen molar-refractivity contribution in [1.82, 2.24) is 0 Å². The van der Waals surface area contributed by atoms with Crippen molar-refractivity contribution in [2.24, 2.45) is 5.41 Å². The summed E-state index contributed by atoms with van der Waals surface area (Å²) in [5.41, 5.74) is -5.80. The van der Waals surface area contributed by atoms with E-state index in [9.17, 15) is 20.4 Å². The van der Waals surface area contributed by atoms with Gasteiger partial charge in [0.15, 0.2) is 0 Å². The molecule has 8 aromatic carbocycles. The van der Waals surface area contributed by atoms with Crippen LogP contribution >= 0.6 is 0 Å². The molecule has 0 atom stereocenters. The van der Waals surface area contributed by atoms with E-state index in [1.165, 1.54) is 0 Å². The lowest BCUT2D eigenvalue weighted by Gasteiger charge is -2.33. The first-order valence-corrected chi connectivity index (χ1v) is 50.8. The van der Waals surface area contributed by atoms with Crippen LogP contribution in [0.5, 0.6) is 46.0 Å². The highest BCUT2D eigenvalue weighted by atomic mass is 16.6. The van der Waals surface area contributed by atoms with Gasteiger partial charge in [0.05, 0.1) is 44.5 Å². The van der Waals surface area contributed by atoms with Gasteiger partial charge >= 0.3 is 47.8 Å². The Morgan fingerprint density at radius 1 is 0.159 bits per heavy atom. The highest BCUT2D eigenvalue weighted by Gasteiger charge is 2.45. The molecule has 0 unspecified atom stereocenters. The van der Waals surface area contributed by atoms with Crippen molar-refractivity contribution >= 4 is 47.8 Å². The fraction of sp³-hybridized carbons (Fsp3) is 0.552. The van der Waals surface area contributed by atoms with Crippen LogP contribution in [0.4, 0.5) is 0 Å². The van der Waals surface area contributed by atoms with E-state index in [1.54, 1.807) is 97.1 Å². The number of phenols is 4. The zero-order valence-corrected chi connectivity index (χ0v) is 96.9. The molecule has 0 heterocycles. The lowest BCUT2D eigenvalue weighted by atomic mass is 9.78. The van der Waals surface area contributed by atoms with Crippen LogP contribution < -0.4 is 18.9 Å². The van der Waals surface area contributed by atoms with Crippen LogP contribution in [0.25, 0.3) is 0 Å². The summed E-state index contributed by atoms with van der Waals surface area (Å²) < 4.78 is 53.6. The summed E-state index contributed by atoms with van der Waals surface area (Å²) in [5, 5.41) is 47.4. The average molecular weight is 1990 g/mol. The molecule has 145 heavy (non-hydrogen) atoms. The van der Waals surface area contributed by atoms with E-state index >= 15 is 38.4 Å². The molecule has 0 bridgehead atoms. The zero-order valence-electron chi connectivity index (χ0n) is 96.9. The molecule has 20 nitrogen and oxygen atoms in total. The van der Waals surface area contributed by atoms with E-state index in [0.29, 0.717) is 89.0 Å². The number of phenolic OH excluding ortho intramolecular Hbond substituents is 4. The van der Waals surface area contributed by atoms with Crippen molar-refractivity contribution in [3.63, 3.8) is 0 Å². The van der Waals surface area contributed by atoms with Gasteiger partial charge in [-0.05, 0) is 184 Å². The number of aromatic hydroxyl groups is 4. The minimum atomic E-state index is -2.14.